The van der Waals surface area contributed by atoms with Gasteiger partial charge in [-0.15, -0.1) is 0 Å². The third kappa shape index (κ3) is 10.9. The van der Waals surface area contributed by atoms with Crippen LogP contribution < -0.4 is 11.1 Å². The first kappa shape index (κ1) is 22.4. The Morgan fingerprint density at radius 2 is 1.59 bits per heavy atom. The molecule has 0 aliphatic carbocycles. The molecule has 0 bridgehead atoms. The summed E-state index contributed by atoms with van der Waals surface area (Å²) in [6.07, 6.45) is -4.61. The average Bonchev–Trinajstić information content (AvgIpc) is 2.33. The van der Waals surface area contributed by atoms with Crippen LogP contribution in [0.1, 0.15) is 20.3 Å². The molecule has 2 atom stereocenters. The third-order valence-corrected chi connectivity index (χ3v) is 2.10. The minimum Gasteiger partial charge on any atom is -0.480 e. The van der Waals surface area contributed by atoms with Gasteiger partial charge < -0.3 is 26.4 Å². The van der Waals surface area contributed by atoms with Gasteiger partial charge >= 0.3 is 18.1 Å². The Morgan fingerprint density at radius 3 is 1.82 bits per heavy atom. The van der Waals surface area contributed by atoms with Crippen molar-refractivity contribution in [1.29, 1.82) is 0 Å². The zero-order valence-electron chi connectivity index (χ0n) is 11.9. The number of rotatable bonds is 6. The van der Waals surface area contributed by atoms with Gasteiger partial charge in [0.15, 0.2) is 0 Å². The van der Waals surface area contributed by atoms with E-state index in [9.17, 15) is 22.8 Å². The second-order valence-electron chi connectivity index (χ2n) is 4.62. The number of nitrogens with two attached hydrogens (primary N) is 1. The molecule has 0 fully saturated rings. The number of hydrogen-bond acceptors (Lipinski definition) is 5. The number of nitrogens with one attached hydrogen (secondary N) is 1. The van der Waals surface area contributed by atoms with Gasteiger partial charge in [-0.2, -0.15) is 13.2 Å². The molecule has 0 heterocycles. The van der Waals surface area contributed by atoms with Crippen molar-refractivity contribution in [3.63, 3.8) is 0 Å². The van der Waals surface area contributed by atoms with E-state index in [4.69, 9.17) is 25.8 Å². The molecular formula is C11H19F3N2O6. The second-order valence-corrected chi connectivity index (χ2v) is 4.62. The zero-order chi connectivity index (χ0) is 18.1. The van der Waals surface area contributed by atoms with E-state index >= 15 is 0 Å². The van der Waals surface area contributed by atoms with Crippen LogP contribution in [0.5, 0.6) is 0 Å². The van der Waals surface area contributed by atoms with Gasteiger partial charge in [-0.1, -0.05) is 13.8 Å². The molecule has 8 nitrogen and oxygen atoms in total. The molecule has 0 aromatic heterocycles. The number of carboxylic acid groups (broad SMARTS) is 2. The van der Waals surface area contributed by atoms with Gasteiger partial charge in [0.05, 0.1) is 12.6 Å². The quantitative estimate of drug-likeness (QED) is 0.442. The van der Waals surface area contributed by atoms with E-state index in [0.717, 1.165) is 0 Å². The highest BCUT2D eigenvalue weighted by Gasteiger charge is 2.38. The molecule has 0 radical (unpaired) electrons. The minimum atomic E-state index is -5.08. The van der Waals surface area contributed by atoms with E-state index in [1.807, 2.05) is 13.8 Å². The molecule has 0 saturated carbocycles. The lowest BCUT2D eigenvalue weighted by Gasteiger charge is -2.17. The smallest absolute Gasteiger partial charge is 0.480 e. The summed E-state index contributed by atoms with van der Waals surface area (Å²) in [7, 11) is 0. The van der Waals surface area contributed by atoms with Crippen LogP contribution in [0.4, 0.5) is 13.2 Å². The molecule has 0 aromatic carbocycles. The number of aliphatic hydroxyl groups is 1. The lowest BCUT2D eigenvalue weighted by atomic mass is 10.0. The average molecular weight is 332 g/mol. The summed E-state index contributed by atoms with van der Waals surface area (Å²) >= 11 is 0. The van der Waals surface area contributed by atoms with Gasteiger partial charge in [0.2, 0.25) is 5.91 Å². The topological polar surface area (TPSA) is 150 Å². The maximum atomic E-state index is 11.3. The number of aliphatic carboxylic acids is 2. The van der Waals surface area contributed by atoms with Crippen molar-refractivity contribution < 1.29 is 42.9 Å². The molecule has 22 heavy (non-hydrogen) atoms. The highest BCUT2D eigenvalue weighted by atomic mass is 19.4. The van der Waals surface area contributed by atoms with E-state index < -0.39 is 42.7 Å². The van der Waals surface area contributed by atoms with Gasteiger partial charge in [0.1, 0.15) is 6.04 Å². The summed E-state index contributed by atoms with van der Waals surface area (Å²) in [5.74, 6) is -4.33. The van der Waals surface area contributed by atoms with Crippen molar-refractivity contribution in [1.82, 2.24) is 5.32 Å². The Hall–Kier alpha value is -1.88. The van der Waals surface area contributed by atoms with Crippen molar-refractivity contribution in [3.8, 4) is 0 Å². The van der Waals surface area contributed by atoms with Crippen LogP contribution in [-0.2, 0) is 14.4 Å². The predicted molar refractivity (Wildman–Crippen MR) is 67.8 cm³/mol. The lowest BCUT2D eigenvalue weighted by molar-refractivity contribution is -0.192. The van der Waals surface area contributed by atoms with Crippen LogP contribution >= 0.6 is 0 Å². The second kappa shape index (κ2) is 9.95. The Labute approximate surface area is 124 Å². The fourth-order valence-electron chi connectivity index (χ4n) is 1.08. The molecule has 0 aliphatic rings. The SMILES string of the molecule is CC(C)C[C@H](N)C(=O)N[C@@H](CO)C(=O)O.O=C(O)C(F)(F)F. The molecule has 6 N–H and O–H groups in total. The Morgan fingerprint density at radius 1 is 1.18 bits per heavy atom. The van der Waals surface area contributed by atoms with Gasteiger partial charge in [-0.3, -0.25) is 4.79 Å². The van der Waals surface area contributed by atoms with Crippen LogP contribution in [0.25, 0.3) is 0 Å². The summed E-state index contributed by atoms with van der Waals surface area (Å²) in [4.78, 5) is 30.7. The number of alkyl halides is 3. The molecule has 1 amide bonds. The number of carbonyl (C=O) groups is 3. The highest BCUT2D eigenvalue weighted by molar-refractivity contribution is 5.86. The lowest BCUT2D eigenvalue weighted by Crippen LogP contribution is -2.50. The molecular weight excluding hydrogens is 313 g/mol. The van der Waals surface area contributed by atoms with Crippen LogP contribution in [0.2, 0.25) is 0 Å². The van der Waals surface area contributed by atoms with Gasteiger partial charge in [-0.05, 0) is 12.3 Å². The maximum Gasteiger partial charge on any atom is 0.490 e. The molecule has 0 spiro atoms. The Balaban J connectivity index is 0. The summed E-state index contributed by atoms with van der Waals surface area (Å²) in [6, 6.07) is -2.02. The van der Waals surface area contributed by atoms with Crippen molar-refractivity contribution in [3.05, 3.63) is 0 Å². The fourth-order valence-corrected chi connectivity index (χ4v) is 1.08. The first-order valence-electron chi connectivity index (χ1n) is 6.02. The predicted octanol–water partition coefficient (Wildman–Crippen LogP) is -0.445. The number of carbonyl (C=O) groups excluding carboxylic acids is 1. The third-order valence-electron chi connectivity index (χ3n) is 2.10. The molecule has 0 saturated heterocycles. The van der Waals surface area contributed by atoms with Gasteiger partial charge in [0.25, 0.3) is 0 Å². The summed E-state index contributed by atoms with van der Waals surface area (Å²) in [6.45, 7) is 3.18. The maximum absolute atomic E-state index is 11.3. The van der Waals surface area contributed by atoms with E-state index in [0.29, 0.717) is 6.42 Å². The molecule has 0 rings (SSSR count). The molecule has 0 unspecified atom stereocenters. The Kier molecular flexibility index (Phi) is 10.1. The molecule has 0 aliphatic heterocycles. The van der Waals surface area contributed by atoms with Crippen molar-refractivity contribution >= 4 is 17.8 Å². The minimum absolute atomic E-state index is 0.253. The number of amides is 1. The summed E-state index contributed by atoms with van der Waals surface area (Å²) < 4.78 is 31.7. The monoisotopic (exact) mass is 332 g/mol. The van der Waals surface area contributed by atoms with Crippen LogP contribution in [0.3, 0.4) is 0 Å². The normalized spacial score (nSPS) is 13.6. The molecule has 130 valence electrons. The van der Waals surface area contributed by atoms with Gasteiger partial charge in [-0.25, -0.2) is 9.59 Å². The van der Waals surface area contributed by atoms with Crippen LogP contribution in [0, 0.1) is 5.92 Å². The van der Waals surface area contributed by atoms with E-state index in [-0.39, 0.29) is 5.92 Å². The summed E-state index contributed by atoms with van der Waals surface area (Å²) in [5, 5.41) is 26.5. The van der Waals surface area contributed by atoms with Crippen molar-refractivity contribution in [2.24, 2.45) is 11.7 Å². The summed E-state index contributed by atoms with van der Waals surface area (Å²) in [5.41, 5.74) is 5.53. The van der Waals surface area contributed by atoms with E-state index in [1.54, 1.807) is 0 Å². The highest BCUT2D eigenvalue weighted by Crippen LogP contribution is 2.13. The van der Waals surface area contributed by atoms with Crippen molar-refractivity contribution in [2.75, 3.05) is 6.61 Å². The van der Waals surface area contributed by atoms with Gasteiger partial charge in [0, 0.05) is 0 Å². The molecule has 11 heteroatoms. The number of halogens is 3. The largest absolute Gasteiger partial charge is 0.490 e. The van der Waals surface area contributed by atoms with E-state index in [1.165, 1.54) is 0 Å². The standard InChI is InChI=1S/C9H18N2O4.C2HF3O2/c1-5(2)3-6(10)8(13)11-7(4-12)9(14)15;3-2(4,5)1(6)7/h5-7,12H,3-4,10H2,1-2H3,(H,11,13)(H,14,15);(H,6,7)/t6-,7-;/m0./s1. The van der Waals surface area contributed by atoms with E-state index in [2.05, 4.69) is 5.32 Å². The van der Waals surface area contributed by atoms with Crippen molar-refractivity contribution in [2.45, 2.75) is 38.5 Å². The molecule has 0 aromatic rings. The first-order valence-corrected chi connectivity index (χ1v) is 6.02. The fraction of sp³-hybridized carbons (Fsp3) is 0.727. The number of carboxylic acids is 2. The van der Waals surface area contributed by atoms with Crippen LogP contribution in [-0.4, -0.2) is 58.0 Å². The number of hydrogen-bond donors (Lipinski definition) is 5. The Bertz CT molecular complexity index is 387. The zero-order valence-corrected chi connectivity index (χ0v) is 11.9. The van der Waals surface area contributed by atoms with Crippen LogP contribution in [0.15, 0.2) is 0 Å². The first-order chi connectivity index (χ1) is 9.82. The number of aliphatic hydroxyl groups excluding tert-OH is 1.